The number of aromatic nitrogens is 2. The number of hydrogen-bond donors (Lipinski definition) is 1. The second-order valence-electron chi connectivity index (χ2n) is 9.88. The largest absolute Gasteiger partial charge is 0.444 e. The molecule has 1 saturated heterocycles. The number of ether oxygens (including phenoxy) is 1. The lowest BCUT2D eigenvalue weighted by Crippen LogP contribution is -2.44. The molecule has 156 valence electrons. The summed E-state index contributed by atoms with van der Waals surface area (Å²) >= 11 is 0. The maximum atomic E-state index is 13.0. The van der Waals surface area contributed by atoms with Crippen molar-refractivity contribution in [2.24, 2.45) is 17.8 Å². The van der Waals surface area contributed by atoms with E-state index in [0.717, 1.165) is 16.9 Å². The molecule has 1 saturated carbocycles. The molecular weight excluding hydrogens is 368 g/mol. The molecule has 2 aromatic rings. The van der Waals surface area contributed by atoms with E-state index in [4.69, 9.17) is 4.74 Å². The Hall–Kier alpha value is -2.57. The van der Waals surface area contributed by atoms with E-state index in [1.54, 1.807) is 4.90 Å². The molecule has 2 fully saturated rings. The van der Waals surface area contributed by atoms with E-state index in [1.807, 2.05) is 70.5 Å². The van der Waals surface area contributed by atoms with Gasteiger partial charge in [0.25, 0.3) is 0 Å². The van der Waals surface area contributed by atoms with Gasteiger partial charge in [-0.15, -0.1) is 0 Å². The predicted molar refractivity (Wildman–Crippen MR) is 109 cm³/mol. The maximum Gasteiger partial charge on any atom is 0.410 e. The zero-order chi connectivity index (χ0) is 21.1. The molecule has 2 aromatic heterocycles. The number of piperidine rings is 1. The monoisotopic (exact) mass is 398 g/mol. The number of rotatable bonds is 3. The van der Waals surface area contributed by atoms with Gasteiger partial charge in [0.15, 0.2) is 0 Å². The van der Waals surface area contributed by atoms with Crippen LogP contribution in [0.1, 0.15) is 45.9 Å². The number of hydrogen-bond acceptors (Lipinski definition) is 4. The molecule has 2 aliphatic rings. The third kappa shape index (κ3) is 3.58. The Morgan fingerprint density at radius 3 is 2.45 bits per heavy atom. The third-order valence-corrected chi connectivity index (χ3v) is 5.96. The van der Waals surface area contributed by atoms with E-state index >= 15 is 0 Å². The summed E-state index contributed by atoms with van der Waals surface area (Å²) in [6, 6.07) is 4.02. The Bertz CT molecular complexity index is 960. The van der Waals surface area contributed by atoms with Crippen LogP contribution in [0.4, 0.5) is 4.79 Å². The van der Waals surface area contributed by atoms with Gasteiger partial charge in [-0.2, -0.15) is 0 Å². The summed E-state index contributed by atoms with van der Waals surface area (Å²) < 4.78 is 7.48. The van der Waals surface area contributed by atoms with Crippen LogP contribution in [-0.4, -0.2) is 45.0 Å². The van der Waals surface area contributed by atoms with Crippen LogP contribution in [0.5, 0.6) is 0 Å². The number of nitrogens with zero attached hydrogens (tertiary/aromatic N) is 3. The smallest absolute Gasteiger partial charge is 0.410 e. The van der Waals surface area contributed by atoms with Gasteiger partial charge in [0.2, 0.25) is 5.91 Å². The Morgan fingerprint density at radius 2 is 1.83 bits per heavy atom. The van der Waals surface area contributed by atoms with Gasteiger partial charge in [-0.1, -0.05) is 6.07 Å². The van der Waals surface area contributed by atoms with Gasteiger partial charge in [0.1, 0.15) is 11.2 Å². The fraction of sp³-hybridized carbons (Fsp3) is 0.591. The topological polar surface area (TPSA) is 75.9 Å². The Balaban J connectivity index is 1.40. The van der Waals surface area contributed by atoms with Gasteiger partial charge in [0.05, 0.1) is 17.4 Å². The van der Waals surface area contributed by atoms with Gasteiger partial charge in [-0.3, -0.25) is 4.79 Å². The number of pyridine rings is 1. The number of carbonyl (C=O) groups excluding carboxylic acids is 2. The molecule has 7 nitrogen and oxygen atoms in total. The lowest BCUT2D eigenvalue weighted by molar-refractivity contribution is -0.125. The first-order chi connectivity index (χ1) is 13.5. The number of amides is 2. The lowest BCUT2D eigenvalue weighted by Gasteiger charge is -2.28. The van der Waals surface area contributed by atoms with Gasteiger partial charge in [-0.05, 0) is 65.0 Å². The molecule has 1 N–H and O–H groups in total. The van der Waals surface area contributed by atoms with E-state index in [0.29, 0.717) is 13.1 Å². The number of carbonyl (C=O) groups is 2. The normalized spacial score (nSPS) is 23.8. The SMILES string of the molecule is Cc1cccn2c(C(C)(C)NC(=O)C3C4CN(C(=O)OC(C)(C)C)C[C@H]43)cnc12. The fourth-order valence-electron chi connectivity index (χ4n) is 4.46. The van der Waals surface area contributed by atoms with Crippen LogP contribution in [-0.2, 0) is 15.1 Å². The van der Waals surface area contributed by atoms with Crippen LogP contribution >= 0.6 is 0 Å². The van der Waals surface area contributed by atoms with Crippen molar-refractivity contribution in [3.8, 4) is 0 Å². The second kappa shape index (κ2) is 6.47. The van der Waals surface area contributed by atoms with Crippen LogP contribution in [0.3, 0.4) is 0 Å². The highest BCUT2D eigenvalue weighted by molar-refractivity contribution is 5.84. The van der Waals surface area contributed by atoms with Crippen LogP contribution in [0.25, 0.3) is 5.65 Å². The Kier molecular flexibility index (Phi) is 4.40. The summed E-state index contributed by atoms with van der Waals surface area (Å²) in [4.78, 5) is 31.4. The first-order valence-electron chi connectivity index (χ1n) is 10.2. The van der Waals surface area contributed by atoms with Crippen molar-refractivity contribution in [3.63, 3.8) is 0 Å². The highest BCUT2D eigenvalue weighted by Gasteiger charge is 2.61. The van der Waals surface area contributed by atoms with Crippen molar-refractivity contribution >= 4 is 17.6 Å². The van der Waals surface area contributed by atoms with Gasteiger partial charge in [0, 0.05) is 25.2 Å². The molecule has 2 amide bonds. The van der Waals surface area contributed by atoms with Crippen LogP contribution < -0.4 is 5.32 Å². The molecule has 7 heteroatoms. The average Bonchev–Trinajstić information content (AvgIpc) is 2.96. The first kappa shape index (κ1) is 19.7. The molecule has 1 aliphatic heterocycles. The number of likely N-dealkylation sites (tertiary alicyclic amines) is 1. The van der Waals surface area contributed by atoms with Gasteiger partial charge < -0.3 is 19.4 Å². The minimum absolute atomic E-state index is 0.0334. The molecule has 0 radical (unpaired) electrons. The highest BCUT2D eigenvalue weighted by atomic mass is 16.6. The highest BCUT2D eigenvalue weighted by Crippen LogP contribution is 2.52. The van der Waals surface area contributed by atoms with Crippen LogP contribution in [0, 0.1) is 24.7 Å². The van der Waals surface area contributed by atoms with Crippen molar-refractivity contribution in [3.05, 3.63) is 35.8 Å². The van der Waals surface area contributed by atoms with Crippen LogP contribution in [0.2, 0.25) is 0 Å². The summed E-state index contributed by atoms with van der Waals surface area (Å²) in [6.45, 7) is 12.8. The quantitative estimate of drug-likeness (QED) is 0.862. The summed E-state index contributed by atoms with van der Waals surface area (Å²) in [5, 5.41) is 3.21. The molecule has 0 bridgehead atoms. The summed E-state index contributed by atoms with van der Waals surface area (Å²) in [5.41, 5.74) is 1.90. The minimum Gasteiger partial charge on any atom is -0.444 e. The van der Waals surface area contributed by atoms with Gasteiger partial charge >= 0.3 is 6.09 Å². The molecular formula is C22H30N4O3. The standard InChI is InChI=1S/C22H30N4O3/c1-13-8-7-9-26-16(10-23-18(13)26)22(5,6)24-19(27)17-14-11-25(12-15(14)17)20(28)29-21(2,3)4/h7-10,14-15,17H,11-12H2,1-6H3,(H,24,27)/t14-,15?,17?/m1/s1. The molecule has 29 heavy (non-hydrogen) atoms. The number of imidazole rings is 1. The summed E-state index contributed by atoms with van der Waals surface area (Å²) in [5.74, 6) is 0.468. The van der Waals surface area contributed by atoms with E-state index in [-0.39, 0.29) is 29.8 Å². The molecule has 2 unspecified atom stereocenters. The van der Waals surface area contributed by atoms with Crippen molar-refractivity contribution < 1.29 is 14.3 Å². The molecule has 3 heterocycles. The fourth-order valence-corrected chi connectivity index (χ4v) is 4.46. The number of fused-ring (bicyclic) bond motifs is 2. The van der Waals surface area contributed by atoms with E-state index in [9.17, 15) is 9.59 Å². The summed E-state index contributed by atoms with van der Waals surface area (Å²) in [6.07, 6.45) is 3.52. The van der Waals surface area contributed by atoms with Crippen LogP contribution in [0.15, 0.2) is 24.5 Å². The van der Waals surface area contributed by atoms with Crippen molar-refractivity contribution in [2.75, 3.05) is 13.1 Å². The van der Waals surface area contributed by atoms with E-state index < -0.39 is 11.1 Å². The second-order valence-corrected chi connectivity index (χ2v) is 9.88. The average molecular weight is 399 g/mol. The van der Waals surface area contributed by atoms with Gasteiger partial charge in [-0.25, -0.2) is 9.78 Å². The minimum atomic E-state index is -0.550. The van der Waals surface area contributed by atoms with E-state index in [2.05, 4.69) is 10.3 Å². The van der Waals surface area contributed by atoms with Crippen molar-refractivity contribution in [1.29, 1.82) is 0 Å². The lowest BCUT2D eigenvalue weighted by atomic mass is 10.0. The number of nitrogens with one attached hydrogen (secondary N) is 1. The van der Waals surface area contributed by atoms with Crippen molar-refractivity contribution in [1.82, 2.24) is 19.6 Å². The summed E-state index contributed by atoms with van der Waals surface area (Å²) in [7, 11) is 0. The Labute approximate surface area is 171 Å². The molecule has 0 aromatic carbocycles. The first-order valence-corrected chi connectivity index (χ1v) is 10.2. The maximum absolute atomic E-state index is 13.0. The molecule has 0 spiro atoms. The Morgan fingerprint density at radius 1 is 1.17 bits per heavy atom. The predicted octanol–water partition coefficient (Wildman–Crippen LogP) is 3.11. The van der Waals surface area contributed by atoms with E-state index in [1.165, 1.54) is 0 Å². The molecule has 3 atom stereocenters. The zero-order valence-corrected chi connectivity index (χ0v) is 18.0. The zero-order valence-electron chi connectivity index (χ0n) is 18.0. The van der Waals surface area contributed by atoms with Crippen molar-refractivity contribution in [2.45, 2.75) is 52.7 Å². The molecule has 1 aliphatic carbocycles. The molecule has 4 rings (SSSR count). The number of aryl methyl sites for hydroxylation is 1. The third-order valence-electron chi connectivity index (χ3n) is 5.96.